The molecule has 0 atom stereocenters. The van der Waals surface area contributed by atoms with Crippen molar-refractivity contribution in [3.8, 4) is 0 Å². The summed E-state index contributed by atoms with van der Waals surface area (Å²) in [7, 11) is 0. The van der Waals surface area contributed by atoms with Gasteiger partial charge in [-0.15, -0.1) is 5.10 Å². The van der Waals surface area contributed by atoms with Crippen LogP contribution in [0.1, 0.15) is 50.2 Å². The summed E-state index contributed by atoms with van der Waals surface area (Å²) in [5.74, 6) is -0.00119. The van der Waals surface area contributed by atoms with Crippen LogP contribution in [0.4, 0.5) is 0 Å². The third-order valence-electron chi connectivity index (χ3n) is 2.90. The maximum atomic E-state index is 5.35. The van der Waals surface area contributed by atoms with Crippen LogP contribution in [-0.2, 0) is 0 Å². The Labute approximate surface area is 115 Å². The molecule has 0 amide bonds. The lowest BCUT2D eigenvalue weighted by Crippen LogP contribution is -2.22. The highest BCUT2D eigenvalue weighted by Gasteiger charge is 2.04. The Kier molecular flexibility index (Phi) is 6.64. The highest BCUT2D eigenvalue weighted by Crippen LogP contribution is 2.12. The second-order valence-corrected chi connectivity index (χ2v) is 4.75. The van der Waals surface area contributed by atoms with Crippen molar-refractivity contribution in [2.45, 2.75) is 46.0 Å². The van der Waals surface area contributed by atoms with Crippen LogP contribution in [0.15, 0.2) is 34.5 Å². The van der Waals surface area contributed by atoms with E-state index < -0.39 is 0 Å². The monoisotopic (exact) mass is 260 g/mol. The summed E-state index contributed by atoms with van der Waals surface area (Å²) in [6, 6.07) is 8.26. The Bertz CT molecular complexity index is 445. The molecule has 4 N–H and O–H groups in total. The van der Waals surface area contributed by atoms with Gasteiger partial charge in [-0.3, -0.25) is 0 Å². The molecule has 104 valence electrons. The number of nitrogens with two attached hydrogens (primary N) is 2. The van der Waals surface area contributed by atoms with Crippen molar-refractivity contribution in [1.29, 1.82) is 0 Å². The van der Waals surface area contributed by atoms with E-state index >= 15 is 0 Å². The lowest BCUT2D eigenvalue weighted by Gasteiger charge is -2.06. The second kappa shape index (κ2) is 8.29. The van der Waals surface area contributed by atoms with Gasteiger partial charge in [-0.1, -0.05) is 56.0 Å². The van der Waals surface area contributed by atoms with Crippen LogP contribution in [0, 0.1) is 6.92 Å². The molecule has 1 aromatic carbocycles. The van der Waals surface area contributed by atoms with Crippen LogP contribution in [0.5, 0.6) is 0 Å². The van der Waals surface area contributed by atoms with Gasteiger partial charge in [0.1, 0.15) is 0 Å². The van der Waals surface area contributed by atoms with Gasteiger partial charge in [0.25, 0.3) is 0 Å². The maximum absolute atomic E-state index is 5.35. The standard InChI is InChI=1S/C15H24N4/c1-3-4-5-6-10-14(18-19-15(16)17)13-9-7-8-12(2)11-13/h7-9,11H,3-6,10H2,1-2H3,(H4,16,17,19). The molecular weight excluding hydrogens is 236 g/mol. The normalized spacial score (nSPS) is 11.4. The Morgan fingerprint density at radius 1 is 1.11 bits per heavy atom. The van der Waals surface area contributed by atoms with Crippen LogP contribution >= 0.6 is 0 Å². The van der Waals surface area contributed by atoms with Crippen molar-refractivity contribution < 1.29 is 0 Å². The second-order valence-electron chi connectivity index (χ2n) is 4.75. The van der Waals surface area contributed by atoms with E-state index in [1.165, 1.54) is 24.8 Å². The Morgan fingerprint density at radius 3 is 2.53 bits per heavy atom. The largest absolute Gasteiger partial charge is 0.369 e. The van der Waals surface area contributed by atoms with Crippen molar-refractivity contribution in [1.82, 2.24) is 0 Å². The average molecular weight is 260 g/mol. The van der Waals surface area contributed by atoms with Gasteiger partial charge in [0, 0.05) is 0 Å². The van der Waals surface area contributed by atoms with Crippen LogP contribution in [-0.4, -0.2) is 11.7 Å². The Morgan fingerprint density at radius 2 is 1.89 bits per heavy atom. The topological polar surface area (TPSA) is 76.8 Å². The van der Waals surface area contributed by atoms with E-state index in [2.05, 4.69) is 36.2 Å². The summed E-state index contributed by atoms with van der Waals surface area (Å²) < 4.78 is 0. The van der Waals surface area contributed by atoms with Gasteiger partial charge in [0.2, 0.25) is 5.96 Å². The maximum Gasteiger partial charge on any atom is 0.211 e. The molecule has 0 aromatic heterocycles. The summed E-state index contributed by atoms with van der Waals surface area (Å²) in [4.78, 5) is 0. The molecule has 0 bridgehead atoms. The minimum absolute atomic E-state index is 0.00119. The van der Waals surface area contributed by atoms with Crippen molar-refractivity contribution in [3.05, 3.63) is 35.4 Å². The van der Waals surface area contributed by atoms with Crippen LogP contribution < -0.4 is 11.5 Å². The molecule has 4 nitrogen and oxygen atoms in total. The molecule has 0 fully saturated rings. The van der Waals surface area contributed by atoms with Gasteiger partial charge >= 0.3 is 0 Å². The molecular formula is C15H24N4. The molecule has 1 rings (SSSR count). The molecule has 0 spiro atoms. The number of hydrogen-bond donors (Lipinski definition) is 2. The minimum atomic E-state index is -0.00119. The van der Waals surface area contributed by atoms with Crippen molar-refractivity contribution in [3.63, 3.8) is 0 Å². The number of rotatable bonds is 7. The number of guanidine groups is 1. The highest BCUT2D eigenvalue weighted by molar-refractivity contribution is 6.00. The number of unbranched alkanes of at least 4 members (excludes halogenated alkanes) is 3. The van der Waals surface area contributed by atoms with Gasteiger partial charge in [-0.25, -0.2) is 0 Å². The molecule has 0 saturated heterocycles. The van der Waals surface area contributed by atoms with Crippen LogP contribution in [0.3, 0.4) is 0 Å². The van der Waals surface area contributed by atoms with E-state index in [1.807, 2.05) is 12.1 Å². The van der Waals surface area contributed by atoms with Crippen LogP contribution in [0.2, 0.25) is 0 Å². The van der Waals surface area contributed by atoms with E-state index in [-0.39, 0.29) is 5.96 Å². The van der Waals surface area contributed by atoms with Gasteiger partial charge in [0.15, 0.2) is 0 Å². The molecule has 0 aliphatic heterocycles. The fourth-order valence-corrected chi connectivity index (χ4v) is 1.91. The smallest absolute Gasteiger partial charge is 0.211 e. The molecule has 0 heterocycles. The summed E-state index contributed by atoms with van der Waals surface area (Å²) in [6.45, 7) is 4.27. The third-order valence-corrected chi connectivity index (χ3v) is 2.90. The molecule has 0 aliphatic carbocycles. The Hall–Kier alpha value is -1.84. The first-order valence-corrected chi connectivity index (χ1v) is 6.86. The van der Waals surface area contributed by atoms with Crippen LogP contribution in [0.25, 0.3) is 0 Å². The number of benzene rings is 1. The van der Waals surface area contributed by atoms with E-state index in [0.29, 0.717) is 0 Å². The summed E-state index contributed by atoms with van der Waals surface area (Å²) in [5, 5.41) is 7.98. The molecule has 0 aliphatic rings. The lowest BCUT2D eigenvalue weighted by molar-refractivity contribution is 0.682. The quantitative estimate of drug-likeness (QED) is 0.342. The summed E-state index contributed by atoms with van der Waals surface area (Å²) in [6.07, 6.45) is 5.71. The average Bonchev–Trinajstić information content (AvgIpc) is 2.37. The highest BCUT2D eigenvalue weighted by atomic mass is 15.3. The summed E-state index contributed by atoms with van der Waals surface area (Å²) in [5.41, 5.74) is 14.0. The van der Waals surface area contributed by atoms with E-state index in [9.17, 15) is 0 Å². The first kappa shape index (κ1) is 15.2. The summed E-state index contributed by atoms with van der Waals surface area (Å²) >= 11 is 0. The fourth-order valence-electron chi connectivity index (χ4n) is 1.91. The van der Waals surface area contributed by atoms with Crippen molar-refractivity contribution >= 4 is 11.7 Å². The number of hydrogen-bond acceptors (Lipinski definition) is 2. The van der Waals surface area contributed by atoms with Crippen molar-refractivity contribution in [2.75, 3.05) is 0 Å². The minimum Gasteiger partial charge on any atom is -0.369 e. The third kappa shape index (κ3) is 6.04. The Balaban J connectivity index is 2.80. The number of aryl methyl sites for hydroxylation is 1. The van der Waals surface area contributed by atoms with Gasteiger partial charge < -0.3 is 11.5 Å². The SMILES string of the molecule is CCCCCCC(=NN=C(N)N)c1cccc(C)c1. The van der Waals surface area contributed by atoms with E-state index in [4.69, 9.17) is 11.5 Å². The molecule has 0 unspecified atom stereocenters. The van der Waals surface area contributed by atoms with Gasteiger partial charge in [-0.05, 0) is 25.3 Å². The molecule has 4 heteroatoms. The first-order chi connectivity index (χ1) is 9.13. The molecule has 0 saturated carbocycles. The van der Waals surface area contributed by atoms with Crippen molar-refractivity contribution in [2.24, 2.45) is 21.7 Å². The van der Waals surface area contributed by atoms with Gasteiger partial charge in [-0.2, -0.15) is 5.10 Å². The zero-order valence-corrected chi connectivity index (χ0v) is 11.9. The molecule has 0 radical (unpaired) electrons. The molecule has 19 heavy (non-hydrogen) atoms. The number of nitrogens with zero attached hydrogens (tertiary/aromatic N) is 2. The lowest BCUT2D eigenvalue weighted by atomic mass is 10.0. The predicted octanol–water partition coefficient (Wildman–Crippen LogP) is 2.94. The zero-order chi connectivity index (χ0) is 14.1. The van der Waals surface area contributed by atoms with E-state index in [1.54, 1.807) is 0 Å². The first-order valence-electron chi connectivity index (χ1n) is 6.86. The fraction of sp³-hybridized carbons (Fsp3) is 0.467. The predicted molar refractivity (Wildman–Crippen MR) is 82.3 cm³/mol. The molecule has 1 aromatic rings. The van der Waals surface area contributed by atoms with Gasteiger partial charge in [0.05, 0.1) is 5.71 Å². The van der Waals surface area contributed by atoms with E-state index in [0.717, 1.165) is 24.1 Å². The zero-order valence-electron chi connectivity index (χ0n) is 11.9.